The molecule has 0 amide bonds. The summed E-state index contributed by atoms with van der Waals surface area (Å²) in [5, 5.41) is 0. The number of halogens is 1. The molecule has 15 heavy (non-hydrogen) atoms. The van der Waals surface area contributed by atoms with E-state index in [0.717, 1.165) is 0 Å². The van der Waals surface area contributed by atoms with E-state index in [4.69, 9.17) is 0 Å². The second kappa shape index (κ2) is 14.0. The Morgan fingerprint density at radius 1 is 0.867 bits per heavy atom. The zero-order chi connectivity index (χ0) is 10.1. The van der Waals surface area contributed by atoms with Crippen LogP contribution in [0.5, 0.6) is 0 Å². The van der Waals surface area contributed by atoms with Crippen molar-refractivity contribution in [1.82, 2.24) is 6.15 Å². The lowest BCUT2D eigenvalue weighted by Gasteiger charge is -2.10. The maximum absolute atomic E-state index is 2.31. The van der Waals surface area contributed by atoms with Crippen LogP contribution in [0.15, 0.2) is 11.1 Å². The molecular weight excluding hydrogens is 206 g/mol. The summed E-state index contributed by atoms with van der Waals surface area (Å²) < 4.78 is 0. The van der Waals surface area contributed by atoms with E-state index in [1.54, 1.807) is 11.1 Å². The summed E-state index contributed by atoms with van der Waals surface area (Å²) in [4.78, 5) is 0. The molecule has 0 aliphatic heterocycles. The van der Waals surface area contributed by atoms with Crippen LogP contribution in [0.2, 0.25) is 0 Å². The molecule has 0 aromatic rings. The van der Waals surface area contributed by atoms with Crippen LogP contribution < -0.4 is 6.15 Å². The lowest BCUT2D eigenvalue weighted by Crippen LogP contribution is -1.90. The maximum atomic E-state index is 2.31. The Morgan fingerprint density at radius 2 is 1.27 bits per heavy atom. The Labute approximate surface area is 103 Å². The largest absolute Gasteiger partial charge is 0.344 e. The van der Waals surface area contributed by atoms with Crippen LogP contribution in [0.25, 0.3) is 0 Å². The van der Waals surface area contributed by atoms with Crippen LogP contribution in [0.3, 0.4) is 0 Å². The minimum absolute atomic E-state index is 0. The Kier molecular flexibility index (Phi) is 19.0. The highest BCUT2D eigenvalue weighted by Gasteiger charge is 2.00. The van der Waals surface area contributed by atoms with Crippen LogP contribution in [-0.4, -0.2) is 0 Å². The van der Waals surface area contributed by atoms with Crippen LogP contribution in [-0.2, 0) is 0 Å². The molecule has 94 valence electrons. The molecule has 0 heterocycles. The van der Waals surface area contributed by atoms with Crippen molar-refractivity contribution in [3.05, 3.63) is 11.1 Å². The third-order valence-corrected chi connectivity index (χ3v) is 2.80. The van der Waals surface area contributed by atoms with Crippen molar-refractivity contribution in [2.75, 3.05) is 0 Å². The summed E-state index contributed by atoms with van der Waals surface area (Å²) in [6.07, 6.45) is 9.32. The second-order valence-electron chi connectivity index (χ2n) is 3.94. The van der Waals surface area contributed by atoms with Crippen molar-refractivity contribution < 1.29 is 0 Å². The number of unbranched alkanes of at least 4 members (excludes halogenated alkanes) is 2. The quantitative estimate of drug-likeness (QED) is 0.567. The van der Waals surface area contributed by atoms with Gasteiger partial charge in [0.05, 0.1) is 0 Å². The van der Waals surface area contributed by atoms with E-state index >= 15 is 0 Å². The van der Waals surface area contributed by atoms with E-state index in [0.29, 0.717) is 0 Å². The van der Waals surface area contributed by atoms with E-state index in [9.17, 15) is 0 Å². The minimum Gasteiger partial charge on any atom is -0.344 e. The van der Waals surface area contributed by atoms with Gasteiger partial charge in [-0.15, -0.1) is 12.4 Å². The topological polar surface area (TPSA) is 35.0 Å². The van der Waals surface area contributed by atoms with Gasteiger partial charge < -0.3 is 6.15 Å². The van der Waals surface area contributed by atoms with Crippen LogP contribution in [0.1, 0.15) is 72.6 Å². The molecule has 0 fully saturated rings. The van der Waals surface area contributed by atoms with Gasteiger partial charge in [0.1, 0.15) is 0 Å². The molecular formula is C13H30ClN. The lowest BCUT2D eigenvalue weighted by atomic mass is 9.97. The van der Waals surface area contributed by atoms with Crippen molar-refractivity contribution in [3.63, 3.8) is 0 Å². The molecule has 0 radical (unpaired) electrons. The molecule has 0 aliphatic rings. The summed E-state index contributed by atoms with van der Waals surface area (Å²) in [7, 11) is 0. The predicted octanol–water partition coefficient (Wildman–Crippen LogP) is 5.68. The first-order valence-corrected chi connectivity index (χ1v) is 5.93. The van der Waals surface area contributed by atoms with Gasteiger partial charge in [-0.2, -0.15) is 0 Å². The van der Waals surface area contributed by atoms with Gasteiger partial charge in [-0.05, 0) is 39.0 Å². The molecule has 0 aromatic carbocycles. The molecule has 0 aliphatic carbocycles. The maximum Gasteiger partial charge on any atom is -0.0318 e. The van der Waals surface area contributed by atoms with Crippen molar-refractivity contribution in [2.45, 2.75) is 72.6 Å². The van der Waals surface area contributed by atoms with Gasteiger partial charge >= 0.3 is 0 Å². The van der Waals surface area contributed by atoms with Gasteiger partial charge in [0.2, 0.25) is 0 Å². The lowest BCUT2D eigenvalue weighted by molar-refractivity contribution is 0.700. The van der Waals surface area contributed by atoms with Gasteiger partial charge in [-0.1, -0.05) is 44.8 Å². The Balaban J connectivity index is -0.000000720. The molecule has 0 bridgehead atoms. The zero-order valence-electron chi connectivity index (χ0n) is 11.1. The van der Waals surface area contributed by atoms with E-state index in [1.807, 2.05) is 0 Å². The van der Waals surface area contributed by atoms with Crippen LogP contribution in [0.4, 0.5) is 0 Å². The molecule has 0 spiro atoms. The average molecular weight is 236 g/mol. The number of rotatable bonds is 7. The average Bonchev–Trinajstić information content (AvgIpc) is 2.17. The first kappa shape index (κ1) is 20.4. The molecule has 0 aromatic heterocycles. The van der Waals surface area contributed by atoms with Crippen LogP contribution in [0, 0.1) is 0 Å². The van der Waals surface area contributed by atoms with Crippen molar-refractivity contribution >= 4 is 12.4 Å². The van der Waals surface area contributed by atoms with E-state index in [2.05, 4.69) is 27.7 Å². The third kappa shape index (κ3) is 10.3. The van der Waals surface area contributed by atoms with Gasteiger partial charge in [0, 0.05) is 0 Å². The van der Waals surface area contributed by atoms with Gasteiger partial charge in [-0.3, -0.25) is 0 Å². The number of allylic oxidation sites excluding steroid dienone is 2. The SMILES string of the molecule is CCCCC(CCCC)=C(C)CC.Cl.N. The standard InChI is InChI=1S/C13H26.ClH.H3N/c1-5-8-10-13(11-9-6-2)12(4)7-3;;/h5-11H2,1-4H3;1H;1H3. The van der Waals surface area contributed by atoms with Gasteiger partial charge in [0.25, 0.3) is 0 Å². The number of hydrogen-bond acceptors (Lipinski definition) is 1. The summed E-state index contributed by atoms with van der Waals surface area (Å²) >= 11 is 0. The molecule has 0 rings (SSSR count). The fourth-order valence-electron chi connectivity index (χ4n) is 1.58. The van der Waals surface area contributed by atoms with E-state index in [-0.39, 0.29) is 18.6 Å². The van der Waals surface area contributed by atoms with Gasteiger partial charge in [-0.25, -0.2) is 0 Å². The molecule has 0 atom stereocenters. The summed E-state index contributed by atoms with van der Waals surface area (Å²) in [5.41, 5.74) is 3.38. The van der Waals surface area contributed by atoms with E-state index in [1.165, 1.54) is 44.9 Å². The fraction of sp³-hybridized carbons (Fsp3) is 0.846. The summed E-state index contributed by atoms with van der Waals surface area (Å²) in [6, 6.07) is 0. The Morgan fingerprint density at radius 3 is 1.53 bits per heavy atom. The Hall–Kier alpha value is -0.0100. The van der Waals surface area contributed by atoms with E-state index < -0.39 is 0 Å². The highest BCUT2D eigenvalue weighted by atomic mass is 35.5. The first-order chi connectivity index (χ1) is 6.26. The summed E-state index contributed by atoms with van der Waals surface area (Å²) in [5.74, 6) is 0. The predicted molar refractivity (Wildman–Crippen MR) is 74.3 cm³/mol. The number of hydrogen-bond donors (Lipinski definition) is 1. The summed E-state index contributed by atoms with van der Waals surface area (Å²) in [6.45, 7) is 9.13. The van der Waals surface area contributed by atoms with Crippen LogP contribution >= 0.6 is 12.4 Å². The molecule has 0 saturated carbocycles. The van der Waals surface area contributed by atoms with Crippen molar-refractivity contribution in [3.8, 4) is 0 Å². The highest BCUT2D eigenvalue weighted by Crippen LogP contribution is 2.20. The minimum atomic E-state index is 0. The Bertz CT molecular complexity index is 143. The molecule has 3 N–H and O–H groups in total. The van der Waals surface area contributed by atoms with Crippen molar-refractivity contribution in [2.24, 2.45) is 0 Å². The molecule has 0 unspecified atom stereocenters. The highest BCUT2D eigenvalue weighted by molar-refractivity contribution is 5.85. The fourth-order valence-corrected chi connectivity index (χ4v) is 1.58. The molecule has 0 saturated heterocycles. The monoisotopic (exact) mass is 235 g/mol. The van der Waals surface area contributed by atoms with Gasteiger partial charge in [0.15, 0.2) is 0 Å². The second-order valence-corrected chi connectivity index (χ2v) is 3.94. The third-order valence-electron chi connectivity index (χ3n) is 2.80. The smallest absolute Gasteiger partial charge is 0.0318 e. The zero-order valence-corrected chi connectivity index (χ0v) is 11.9. The van der Waals surface area contributed by atoms with Crippen molar-refractivity contribution in [1.29, 1.82) is 0 Å². The molecule has 1 nitrogen and oxygen atoms in total. The normalized spacial score (nSPS) is 8.80. The first-order valence-electron chi connectivity index (χ1n) is 5.93. The molecule has 2 heteroatoms.